The van der Waals surface area contributed by atoms with Crippen molar-refractivity contribution in [1.82, 2.24) is 0 Å². The van der Waals surface area contributed by atoms with Gasteiger partial charge < -0.3 is 43.1 Å². The Morgan fingerprint density at radius 3 is 2.02 bits per heavy atom. The van der Waals surface area contributed by atoms with Crippen molar-refractivity contribution in [3.05, 3.63) is 70.3 Å². The van der Waals surface area contributed by atoms with E-state index in [4.69, 9.17) is 33.2 Å². The maximum Gasteiger partial charge on any atom is 1.00 e. The van der Waals surface area contributed by atoms with Crippen LogP contribution in [-0.4, -0.2) is 54.1 Å². The van der Waals surface area contributed by atoms with E-state index >= 15 is 0 Å². The molecule has 1 heterocycles. The summed E-state index contributed by atoms with van der Waals surface area (Å²) in [5.41, 5.74) is 1.20. The standard InChI is InChI=1S/C30H30O10.Na/c1-16-11-17(7-9-21(16)34-2)26(31)20(12-18-8-10-22(35-3)29(38-6)27(18)37-5)25(30(32)33)19-13-23(36-4)28-24(14-19)39-15-40-28;/h7-11,13-14H,12,15H2,1-6H3,(H,32,33);/q;+1/p-1/b25-20-;. The molecule has 0 aliphatic carbocycles. The maximum atomic E-state index is 14.1. The zero-order valence-electron chi connectivity index (χ0n) is 24.0. The molecule has 0 aromatic heterocycles. The fourth-order valence-corrected chi connectivity index (χ4v) is 4.66. The molecule has 0 radical (unpaired) electrons. The molecular formula is C30H29NaO10. The van der Waals surface area contributed by atoms with Gasteiger partial charge in [-0.1, -0.05) is 6.07 Å². The fourth-order valence-electron chi connectivity index (χ4n) is 4.66. The van der Waals surface area contributed by atoms with Gasteiger partial charge in [-0.15, -0.1) is 0 Å². The Morgan fingerprint density at radius 2 is 1.44 bits per heavy atom. The first-order chi connectivity index (χ1) is 19.3. The van der Waals surface area contributed by atoms with Crippen LogP contribution < -0.4 is 67.8 Å². The van der Waals surface area contributed by atoms with Crippen LogP contribution in [0.25, 0.3) is 5.57 Å². The summed E-state index contributed by atoms with van der Waals surface area (Å²) in [5.74, 6) is 0.365. The van der Waals surface area contributed by atoms with Crippen molar-refractivity contribution >= 4 is 17.3 Å². The number of aryl methyl sites for hydroxylation is 1. The second-order valence-corrected chi connectivity index (χ2v) is 8.74. The van der Waals surface area contributed by atoms with Crippen molar-refractivity contribution in [2.45, 2.75) is 13.3 Å². The Kier molecular flexibility index (Phi) is 10.6. The van der Waals surface area contributed by atoms with Crippen LogP contribution in [0.4, 0.5) is 0 Å². The molecule has 0 N–H and O–H groups in total. The Bertz CT molecular complexity index is 1500. The minimum absolute atomic E-state index is 0. The van der Waals surface area contributed by atoms with Crippen LogP contribution in [0, 0.1) is 6.92 Å². The number of ketones is 1. The second kappa shape index (κ2) is 13.7. The zero-order valence-corrected chi connectivity index (χ0v) is 26.0. The van der Waals surface area contributed by atoms with Crippen molar-refractivity contribution in [2.24, 2.45) is 0 Å². The molecule has 0 saturated carbocycles. The molecule has 0 bridgehead atoms. The second-order valence-electron chi connectivity index (χ2n) is 8.74. The number of hydrogen-bond acceptors (Lipinski definition) is 10. The van der Waals surface area contributed by atoms with Crippen molar-refractivity contribution in [1.29, 1.82) is 0 Å². The molecule has 0 unspecified atom stereocenters. The molecule has 3 aromatic rings. The van der Waals surface area contributed by atoms with Gasteiger partial charge in [0.25, 0.3) is 0 Å². The first-order valence-electron chi connectivity index (χ1n) is 12.2. The third kappa shape index (κ3) is 6.24. The summed E-state index contributed by atoms with van der Waals surface area (Å²) in [6, 6.07) is 11.1. The molecule has 210 valence electrons. The van der Waals surface area contributed by atoms with E-state index in [0.29, 0.717) is 39.9 Å². The first-order valence-corrected chi connectivity index (χ1v) is 12.2. The van der Waals surface area contributed by atoms with Crippen LogP contribution in [-0.2, 0) is 11.2 Å². The molecule has 4 rings (SSSR count). The van der Waals surface area contributed by atoms with E-state index in [9.17, 15) is 14.7 Å². The number of carbonyl (C=O) groups is 2. The Labute approximate surface area is 260 Å². The minimum atomic E-state index is -1.56. The van der Waals surface area contributed by atoms with Gasteiger partial charge in [0.2, 0.25) is 18.3 Å². The number of carboxylic acid groups (broad SMARTS) is 1. The van der Waals surface area contributed by atoms with Crippen LogP contribution in [0.2, 0.25) is 0 Å². The number of allylic oxidation sites excluding steroid dienone is 1. The molecule has 0 fully saturated rings. The number of benzene rings is 3. The number of methoxy groups -OCH3 is 5. The van der Waals surface area contributed by atoms with E-state index in [0.717, 1.165) is 0 Å². The SMILES string of the molecule is COc1ccc(C(=O)/C(Cc2ccc(OC)c(OC)c2OC)=C(\C(=O)[O-])c2cc(OC)c3c(c2)OCO3)cc1C.[Na+]. The number of fused-ring (bicyclic) bond motifs is 1. The molecular weight excluding hydrogens is 543 g/mol. The van der Waals surface area contributed by atoms with E-state index < -0.39 is 11.8 Å². The number of aliphatic carboxylic acids is 1. The van der Waals surface area contributed by atoms with Crippen LogP contribution >= 0.6 is 0 Å². The Hall–Kier alpha value is -3.86. The van der Waals surface area contributed by atoms with Gasteiger partial charge in [0.15, 0.2) is 28.8 Å². The zero-order chi connectivity index (χ0) is 29.0. The summed E-state index contributed by atoms with van der Waals surface area (Å²) in [6.45, 7) is 1.73. The Balaban J connectivity index is 0.00000462. The fraction of sp³-hybridized carbons (Fsp3) is 0.267. The summed E-state index contributed by atoms with van der Waals surface area (Å²) in [4.78, 5) is 26.9. The van der Waals surface area contributed by atoms with E-state index in [-0.39, 0.29) is 76.5 Å². The van der Waals surface area contributed by atoms with Gasteiger partial charge in [0.1, 0.15) is 5.75 Å². The number of hydrogen-bond donors (Lipinski definition) is 0. The summed E-state index contributed by atoms with van der Waals surface area (Å²) >= 11 is 0. The topological polar surface area (TPSA) is 122 Å². The molecule has 0 atom stereocenters. The number of rotatable bonds is 11. The minimum Gasteiger partial charge on any atom is -0.545 e. The number of carbonyl (C=O) groups excluding carboxylic acids is 2. The van der Waals surface area contributed by atoms with E-state index in [1.54, 1.807) is 37.3 Å². The Morgan fingerprint density at radius 1 is 0.780 bits per heavy atom. The number of carboxylic acids is 1. The molecule has 11 heteroatoms. The van der Waals surface area contributed by atoms with Gasteiger partial charge in [-0.3, -0.25) is 4.79 Å². The van der Waals surface area contributed by atoms with Gasteiger partial charge in [-0.25, -0.2) is 0 Å². The van der Waals surface area contributed by atoms with Crippen molar-refractivity contribution in [3.63, 3.8) is 0 Å². The molecule has 1 aliphatic rings. The predicted octanol–water partition coefficient (Wildman–Crippen LogP) is 0.400. The first kappa shape index (κ1) is 31.7. The van der Waals surface area contributed by atoms with Gasteiger partial charge in [0.05, 0.1) is 41.5 Å². The normalized spacial score (nSPS) is 12.0. The predicted molar refractivity (Wildman–Crippen MR) is 143 cm³/mol. The van der Waals surface area contributed by atoms with Gasteiger partial charge >= 0.3 is 29.6 Å². The van der Waals surface area contributed by atoms with Gasteiger partial charge in [-0.2, -0.15) is 0 Å². The quantitative estimate of drug-likeness (QED) is 0.181. The number of Topliss-reactive ketones (excluding diaryl/α,β-unsaturated/α-hetero) is 1. The van der Waals surface area contributed by atoms with E-state index in [1.807, 2.05) is 0 Å². The maximum absolute atomic E-state index is 14.1. The summed E-state index contributed by atoms with van der Waals surface area (Å²) in [6.07, 6.45) is -0.145. The average Bonchev–Trinajstić information content (AvgIpc) is 3.44. The largest absolute Gasteiger partial charge is 1.00 e. The van der Waals surface area contributed by atoms with Crippen LogP contribution in [0.15, 0.2) is 48.0 Å². The number of ether oxygens (including phenoxy) is 7. The average molecular weight is 573 g/mol. The molecule has 10 nitrogen and oxygen atoms in total. The van der Waals surface area contributed by atoms with Gasteiger partial charge in [-0.05, 0) is 54.4 Å². The molecule has 3 aromatic carbocycles. The molecule has 0 spiro atoms. The molecule has 0 saturated heterocycles. The third-order valence-corrected chi connectivity index (χ3v) is 6.54. The van der Waals surface area contributed by atoms with Crippen LogP contribution in [0.1, 0.15) is 27.0 Å². The third-order valence-electron chi connectivity index (χ3n) is 6.54. The van der Waals surface area contributed by atoms with Gasteiger partial charge in [0, 0.05) is 28.7 Å². The van der Waals surface area contributed by atoms with Crippen LogP contribution in [0.3, 0.4) is 0 Å². The molecule has 0 amide bonds. The van der Waals surface area contributed by atoms with Crippen molar-refractivity contribution in [3.8, 4) is 40.2 Å². The smallest absolute Gasteiger partial charge is 0.545 e. The van der Waals surface area contributed by atoms with Crippen molar-refractivity contribution < 1.29 is 77.4 Å². The monoisotopic (exact) mass is 572 g/mol. The van der Waals surface area contributed by atoms with E-state index in [2.05, 4.69) is 0 Å². The summed E-state index contributed by atoms with van der Waals surface area (Å²) < 4.78 is 38.2. The van der Waals surface area contributed by atoms with Crippen LogP contribution in [0.5, 0.6) is 40.2 Å². The van der Waals surface area contributed by atoms with Crippen molar-refractivity contribution in [2.75, 3.05) is 42.3 Å². The van der Waals surface area contributed by atoms with E-state index in [1.165, 1.54) is 47.7 Å². The summed E-state index contributed by atoms with van der Waals surface area (Å²) in [7, 11) is 7.34. The molecule has 41 heavy (non-hydrogen) atoms. The molecule has 1 aliphatic heterocycles. The summed E-state index contributed by atoms with van der Waals surface area (Å²) in [5, 5.41) is 12.8.